The van der Waals surface area contributed by atoms with Crippen molar-refractivity contribution in [1.29, 1.82) is 0 Å². The van der Waals surface area contributed by atoms with E-state index in [-0.39, 0.29) is 17.8 Å². The van der Waals surface area contributed by atoms with Crippen molar-refractivity contribution in [1.82, 2.24) is 90.1 Å². The fraction of sp³-hybridized carbons (Fsp3) is 0.207. The number of para-hydroxylation sites is 2. The van der Waals surface area contributed by atoms with Gasteiger partial charge in [0.25, 0.3) is 0 Å². The smallest absolute Gasteiger partial charge is 0.343 e. The Labute approximate surface area is 773 Å². The van der Waals surface area contributed by atoms with Crippen molar-refractivity contribution in [2.45, 2.75) is 112 Å². The molecule has 129 heavy (non-hydrogen) atoms. The number of nitrogens with one attached hydrogen (secondary N) is 7. The number of amides is 2. The molecule has 2 saturated carbocycles. The summed E-state index contributed by atoms with van der Waals surface area (Å²) in [5, 5.41) is 45.1. The summed E-state index contributed by atoms with van der Waals surface area (Å²) in [7, 11) is 2.14. The number of likely N-dealkylation sites (N-methyl/N-ethyl adjacent to an activating group) is 1. The molecule has 0 bridgehead atoms. The van der Waals surface area contributed by atoms with Crippen LogP contribution in [0.3, 0.4) is 0 Å². The maximum Gasteiger partial charge on any atom is 0.343 e. The first-order chi connectivity index (χ1) is 62.9. The van der Waals surface area contributed by atoms with Crippen molar-refractivity contribution in [3.05, 3.63) is 261 Å². The highest BCUT2D eigenvalue weighted by molar-refractivity contribution is 7.99. The van der Waals surface area contributed by atoms with Gasteiger partial charge in [0.05, 0.1) is 23.4 Å². The molecule has 30 nitrogen and oxygen atoms in total. The number of aromatic nitrogens is 17. The summed E-state index contributed by atoms with van der Waals surface area (Å²) in [5.41, 5.74) is 6.04. The molecule has 0 spiro atoms. The number of hydrogen-bond acceptors (Lipinski definition) is 34. The summed E-state index contributed by atoms with van der Waals surface area (Å²) in [4.78, 5) is 93.2. The monoisotopic (exact) mass is 1850 g/mol. The van der Waals surface area contributed by atoms with Crippen molar-refractivity contribution in [2.24, 2.45) is 0 Å². The number of carbonyl (C=O) groups is 2. The molecular formula is C92H87ClN26O4S6. The summed E-state index contributed by atoms with van der Waals surface area (Å²) < 4.78 is 11.2. The number of carbonyl (C=O) groups excluding carboxylic acids is 2. The van der Waals surface area contributed by atoms with Gasteiger partial charge in [-0.25, -0.2) is 59.8 Å². The van der Waals surface area contributed by atoms with E-state index in [1.165, 1.54) is 59.2 Å². The van der Waals surface area contributed by atoms with Crippen LogP contribution in [0.15, 0.2) is 250 Å². The minimum atomic E-state index is -0.138. The Morgan fingerprint density at radius 1 is 0.504 bits per heavy atom. The maximum atomic E-state index is 11.6. The van der Waals surface area contributed by atoms with Gasteiger partial charge < -0.3 is 50.9 Å². The first kappa shape index (κ1) is 89.0. The predicted molar refractivity (Wildman–Crippen MR) is 516 cm³/mol. The quantitative estimate of drug-likeness (QED) is 0.0261. The van der Waals surface area contributed by atoms with Gasteiger partial charge in [-0.15, -0.1) is 55.5 Å². The third kappa shape index (κ3) is 25.5. The molecule has 1 aliphatic heterocycles. The van der Waals surface area contributed by atoms with Crippen LogP contribution in [0.5, 0.6) is 11.8 Å². The molecule has 3 fully saturated rings. The summed E-state index contributed by atoms with van der Waals surface area (Å²) in [6.07, 6.45) is 17.0. The fourth-order valence-electron chi connectivity index (χ4n) is 12.6. The Bertz CT molecular complexity index is 6660. The van der Waals surface area contributed by atoms with Gasteiger partial charge in [0.1, 0.15) is 40.5 Å². The number of piperazine rings is 1. The van der Waals surface area contributed by atoms with Crippen LogP contribution < -0.4 is 46.9 Å². The van der Waals surface area contributed by atoms with Crippen molar-refractivity contribution >= 4 is 187 Å². The molecule has 2 amide bonds. The SMILES string of the molecule is CC(=O)Nc1ccc(Oc2nncc(Nc3ncc(C4CC4)o3)n2)cc1.CCC(=O)Nc1ccc(Sc2nc(Nc3ncc(C)s3)cc(N3CCN(C)CC3)n2)cc1.CCc1cnc(Nc2nc(Sc3cccc(Cl)c3)nnc2C)s1.Cc1cnc(Nc2nc(-c3ccccc3)nc3ccccc23)s1.c1ccc(-c2nc(Nc3ncc(C4CC4)s3)c3ccccc3n2)cc1. The van der Waals surface area contributed by atoms with Crippen molar-refractivity contribution < 1.29 is 18.7 Å². The molecule has 0 atom stereocenters. The molecular weight excluding hydrogens is 1760 g/mol. The third-order valence-corrected chi connectivity index (χ3v) is 25.3. The normalized spacial score (nSPS) is 12.8. The van der Waals surface area contributed by atoms with E-state index in [0.29, 0.717) is 62.6 Å². The lowest BCUT2D eigenvalue weighted by Crippen LogP contribution is -2.44. The fourth-order valence-corrected chi connectivity index (χ4v) is 17.5. The highest BCUT2D eigenvalue weighted by atomic mass is 35.5. The lowest BCUT2D eigenvalue weighted by Gasteiger charge is -2.33. The third-order valence-electron chi connectivity index (χ3n) is 19.5. The Morgan fingerprint density at radius 3 is 1.71 bits per heavy atom. The number of fused-ring (bicyclic) bond motifs is 2. The molecule has 0 radical (unpaired) electrons. The number of halogens is 1. The van der Waals surface area contributed by atoms with E-state index in [1.54, 1.807) is 75.8 Å². The Balaban J connectivity index is 0.000000119. The number of ether oxygens (including phenoxy) is 1. The minimum Gasteiger partial charge on any atom is -0.428 e. The zero-order chi connectivity index (χ0) is 89.0. The number of benzene rings is 7. The van der Waals surface area contributed by atoms with Gasteiger partial charge in [-0.1, -0.05) is 122 Å². The van der Waals surface area contributed by atoms with Crippen molar-refractivity contribution in [3.63, 3.8) is 0 Å². The number of nitrogens with zero attached hydrogens (tertiary/aromatic N) is 19. The number of oxazole rings is 1. The van der Waals surface area contributed by atoms with E-state index in [0.717, 1.165) is 171 Å². The summed E-state index contributed by atoms with van der Waals surface area (Å²) in [5.74, 6) is 8.21. The first-order valence-electron chi connectivity index (χ1n) is 41.4. The van der Waals surface area contributed by atoms with Gasteiger partial charge in [-0.2, -0.15) is 10.1 Å². The number of thiazole rings is 4. The maximum absolute atomic E-state index is 11.6. The minimum absolute atomic E-state index is 0.00162. The van der Waals surface area contributed by atoms with Gasteiger partial charge in [0.15, 0.2) is 49.0 Å². The second kappa shape index (κ2) is 42.9. The lowest BCUT2D eigenvalue weighted by atomic mass is 10.2. The largest absolute Gasteiger partial charge is 0.428 e. The van der Waals surface area contributed by atoms with Gasteiger partial charge in [0, 0.05) is 144 Å². The molecule has 2 aliphatic carbocycles. The van der Waals surface area contributed by atoms with Crippen molar-refractivity contribution in [2.75, 3.05) is 75.3 Å². The second-order valence-electron chi connectivity index (χ2n) is 29.6. The Kier molecular flexibility index (Phi) is 29.6. The number of rotatable bonds is 25. The molecule has 652 valence electrons. The van der Waals surface area contributed by atoms with Crippen LogP contribution in [-0.2, 0) is 16.0 Å². The zero-order valence-corrected chi connectivity index (χ0v) is 76.7. The highest BCUT2D eigenvalue weighted by Crippen LogP contribution is 2.45. The summed E-state index contributed by atoms with van der Waals surface area (Å²) in [6.45, 7) is 15.2. The first-order valence-corrected chi connectivity index (χ1v) is 46.7. The van der Waals surface area contributed by atoms with E-state index < -0.39 is 0 Å². The van der Waals surface area contributed by atoms with E-state index in [2.05, 4.69) is 121 Å². The molecule has 20 rings (SSSR count). The number of anilines is 13. The van der Waals surface area contributed by atoms with Crippen LogP contribution in [0.4, 0.5) is 72.8 Å². The molecule has 3 aliphatic rings. The van der Waals surface area contributed by atoms with E-state index in [4.69, 9.17) is 45.7 Å². The van der Waals surface area contributed by atoms with E-state index in [1.807, 2.05) is 216 Å². The summed E-state index contributed by atoms with van der Waals surface area (Å²) >= 11 is 15.5. The van der Waals surface area contributed by atoms with Gasteiger partial charge in [0.2, 0.25) is 17.0 Å². The van der Waals surface area contributed by atoms with Gasteiger partial charge >= 0.3 is 12.0 Å². The van der Waals surface area contributed by atoms with Crippen LogP contribution >= 0.6 is 80.5 Å². The molecule has 11 heterocycles. The number of hydrogen-bond donors (Lipinski definition) is 7. The van der Waals surface area contributed by atoms with Crippen LogP contribution in [0.2, 0.25) is 5.02 Å². The molecule has 0 unspecified atom stereocenters. The average molecular weight is 1850 g/mol. The molecule has 17 aromatic rings. The predicted octanol–water partition coefficient (Wildman–Crippen LogP) is 22.4. The standard InChI is InChI=1S/C22H27N7OS2.C20H16N4S.C18H14N4S.C17H16N6O3.C15H14ClN5S2/c1-4-20(30)24-16-5-7-17(8-6-16)32-22-26-18(25-21-23-14-15(2)31-21)13-19(27-22)29-11-9-28(3)10-12-29;1-2-6-14(7-3-1)18-22-16-9-5-4-8-15(16)19(23-18)24-20-21-12-17(25-20)13-10-11-13;1-12-11-19-18(23-12)22-17-14-9-5-6-10-15(14)20-16(21-17)13-7-3-2-4-8-13;1-10(24)20-12-4-6-13(7-5-12)25-17-22-15(9-19-23-17)21-16-18-8-14(26-16)11-2-3-11;1-3-11-8-17-14(22-11)18-13-9(2)20-21-15(19-13)23-12-6-4-5-10(16)7-12/h5-8,13-14H,4,9-12H2,1-3H3,(H,24,30)(H,23,25,26,27);1-9,12-13H,10-11H2,(H,21,22,23,24);2-11H,1H3,(H,19,20,21,22);4-9,11H,2-3H2,1H3,(H,20,24)(H,18,21,22,23);4-8H,3H2,1-2H3,(H,17,18,19,21). The van der Waals surface area contributed by atoms with E-state index >= 15 is 0 Å². The average Bonchev–Trinajstić information content (AvgIpc) is 1.11. The Hall–Kier alpha value is -13.5. The topological polar surface area (TPSA) is 366 Å². The van der Waals surface area contributed by atoms with Crippen molar-refractivity contribution in [3.8, 4) is 34.5 Å². The van der Waals surface area contributed by atoms with Crippen LogP contribution in [0.25, 0.3) is 44.6 Å². The van der Waals surface area contributed by atoms with Crippen LogP contribution in [0, 0.1) is 20.8 Å². The summed E-state index contributed by atoms with van der Waals surface area (Å²) in [6, 6.07) is 60.7. The highest BCUT2D eigenvalue weighted by Gasteiger charge is 2.29. The number of aryl methyl sites for hydroxylation is 4. The Morgan fingerprint density at radius 2 is 1.09 bits per heavy atom. The molecule has 7 N–H and O–H groups in total. The van der Waals surface area contributed by atoms with Crippen LogP contribution in [0.1, 0.15) is 95.7 Å². The van der Waals surface area contributed by atoms with Crippen LogP contribution in [-0.4, -0.2) is 135 Å². The van der Waals surface area contributed by atoms with Gasteiger partial charge in [-0.3, -0.25) is 14.9 Å². The van der Waals surface area contributed by atoms with E-state index in [9.17, 15) is 9.59 Å². The molecule has 1 saturated heterocycles. The molecule has 10 aromatic heterocycles. The zero-order valence-electron chi connectivity index (χ0n) is 71.0. The van der Waals surface area contributed by atoms with Gasteiger partial charge in [-0.05, 0) is 180 Å². The second-order valence-corrected chi connectivity index (χ2v) is 36.8. The lowest BCUT2D eigenvalue weighted by molar-refractivity contribution is -0.116. The molecule has 7 aromatic carbocycles. The molecule has 37 heteroatoms.